The Labute approximate surface area is 168 Å². The fourth-order valence-electron chi connectivity index (χ4n) is 3.62. The number of aryl methyl sites for hydroxylation is 1. The van der Waals surface area contributed by atoms with Gasteiger partial charge in [0.2, 0.25) is 0 Å². The largest absolute Gasteiger partial charge is 0.496 e. The zero-order valence-electron chi connectivity index (χ0n) is 16.2. The van der Waals surface area contributed by atoms with Gasteiger partial charge in [-0.2, -0.15) is 0 Å². The predicted octanol–water partition coefficient (Wildman–Crippen LogP) is 5.43. The molecule has 0 atom stereocenters. The normalized spacial score (nSPS) is 10.8. The van der Waals surface area contributed by atoms with Crippen molar-refractivity contribution in [2.24, 2.45) is 0 Å². The highest BCUT2D eigenvalue weighted by atomic mass is 31.1. The van der Waals surface area contributed by atoms with E-state index in [2.05, 4.69) is 104 Å². The Morgan fingerprint density at radius 2 is 1.18 bits per heavy atom. The third-order valence-corrected chi connectivity index (χ3v) is 7.40. The molecule has 0 heterocycles. The monoisotopic (exact) mass is 382 g/mol. The maximum absolute atomic E-state index is 5.73. The second-order valence-corrected chi connectivity index (χ2v) is 8.86. The fourth-order valence-corrected chi connectivity index (χ4v) is 6.07. The van der Waals surface area contributed by atoms with Gasteiger partial charge in [0.15, 0.2) is 0 Å². The van der Waals surface area contributed by atoms with E-state index in [-0.39, 0.29) is 0 Å². The Morgan fingerprint density at radius 3 is 1.79 bits per heavy atom. The van der Waals surface area contributed by atoms with Crippen LogP contribution >= 0.6 is 7.92 Å². The molecular formula is C26H23OP. The van der Waals surface area contributed by atoms with Crippen LogP contribution in [0, 0.1) is 6.92 Å². The molecule has 0 bridgehead atoms. The van der Waals surface area contributed by atoms with E-state index >= 15 is 0 Å². The van der Waals surface area contributed by atoms with Crippen LogP contribution in [0.1, 0.15) is 5.56 Å². The molecule has 28 heavy (non-hydrogen) atoms. The Kier molecular flexibility index (Phi) is 5.55. The highest BCUT2D eigenvalue weighted by Gasteiger charge is 2.21. The van der Waals surface area contributed by atoms with Crippen LogP contribution in [-0.2, 0) is 0 Å². The quantitative estimate of drug-likeness (QED) is 0.418. The average molecular weight is 382 g/mol. The molecule has 0 spiro atoms. The molecule has 0 radical (unpaired) electrons. The summed E-state index contributed by atoms with van der Waals surface area (Å²) in [6, 6.07) is 36.7. The van der Waals surface area contributed by atoms with Crippen molar-refractivity contribution < 1.29 is 4.74 Å². The molecule has 0 aliphatic carbocycles. The molecule has 2 heteroatoms. The number of ether oxygens (including phenoxy) is 1. The molecule has 0 saturated carbocycles. The molecule has 0 saturated heterocycles. The maximum atomic E-state index is 5.73. The van der Waals surface area contributed by atoms with E-state index in [0.717, 1.165) is 5.75 Å². The first kappa shape index (κ1) is 18.5. The number of methoxy groups -OCH3 is 1. The van der Waals surface area contributed by atoms with Crippen LogP contribution in [0.4, 0.5) is 0 Å². The number of benzene rings is 4. The molecule has 0 aromatic heterocycles. The molecule has 0 N–H and O–H groups in total. The van der Waals surface area contributed by atoms with Crippen molar-refractivity contribution in [2.75, 3.05) is 7.11 Å². The van der Waals surface area contributed by atoms with Crippen LogP contribution in [0.3, 0.4) is 0 Å². The fraction of sp³-hybridized carbons (Fsp3) is 0.0769. The van der Waals surface area contributed by atoms with Gasteiger partial charge in [-0.1, -0.05) is 97.1 Å². The van der Waals surface area contributed by atoms with E-state index in [1.807, 2.05) is 6.07 Å². The molecule has 0 unspecified atom stereocenters. The second-order valence-electron chi connectivity index (χ2n) is 6.68. The Morgan fingerprint density at radius 1 is 0.607 bits per heavy atom. The highest BCUT2D eigenvalue weighted by molar-refractivity contribution is 7.80. The van der Waals surface area contributed by atoms with Gasteiger partial charge in [-0.05, 0) is 48.0 Å². The zero-order valence-corrected chi connectivity index (χ0v) is 17.1. The van der Waals surface area contributed by atoms with Gasteiger partial charge in [0, 0.05) is 5.56 Å². The lowest BCUT2D eigenvalue weighted by Gasteiger charge is -2.23. The van der Waals surface area contributed by atoms with Gasteiger partial charge in [-0.15, -0.1) is 0 Å². The van der Waals surface area contributed by atoms with Gasteiger partial charge >= 0.3 is 0 Å². The van der Waals surface area contributed by atoms with Crippen molar-refractivity contribution in [1.82, 2.24) is 0 Å². The van der Waals surface area contributed by atoms with E-state index in [4.69, 9.17) is 4.74 Å². The molecule has 1 nitrogen and oxygen atoms in total. The minimum atomic E-state index is -0.676. The van der Waals surface area contributed by atoms with Gasteiger partial charge in [0.1, 0.15) is 5.75 Å². The number of hydrogen-bond acceptors (Lipinski definition) is 1. The van der Waals surface area contributed by atoms with E-state index in [1.165, 1.54) is 32.6 Å². The van der Waals surface area contributed by atoms with Crippen molar-refractivity contribution >= 4 is 23.8 Å². The molecule has 0 aliphatic heterocycles. The highest BCUT2D eigenvalue weighted by Crippen LogP contribution is 2.40. The predicted molar refractivity (Wildman–Crippen MR) is 122 cm³/mol. The van der Waals surface area contributed by atoms with Crippen molar-refractivity contribution in [1.29, 1.82) is 0 Å². The lowest BCUT2D eigenvalue weighted by atomic mass is 9.99. The summed E-state index contributed by atoms with van der Waals surface area (Å²) in [5, 5.41) is 4.05. The molecule has 4 aromatic carbocycles. The number of hydrogen-bond donors (Lipinski definition) is 0. The molecule has 4 aromatic rings. The van der Waals surface area contributed by atoms with Crippen molar-refractivity contribution in [3.8, 4) is 16.9 Å². The van der Waals surface area contributed by atoms with Gasteiger partial charge in [0.25, 0.3) is 0 Å². The summed E-state index contributed by atoms with van der Waals surface area (Å²) in [5.41, 5.74) is 3.65. The van der Waals surface area contributed by atoms with Crippen molar-refractivity contribution in [3.05, 3.63) is 109 Å². The lowest BCUT2D eigenvalue weighted by molar-refractivity contribution is 0.416. The van der Waals surface area contributed by atoms with E-state index < -0.39 is 7.92 Å². The van der Waals surface area contributed by atoms with Crippen LogP contribution in [-0.4, -0.2) is 7.11 Å². The third-order valence-electron chi connectivity index (χ3n) is 4.90. The van der Waals surface area contributed by atoms with Gasteiger partial charge in [-0.3, -0.25) is 0 Å². The summed E-state index contributed by atoms with van der Waals surface area (Å²) in [6.07, 6.45) is 0. The molecular weight excluding hydrogens is 359 g/mol. The van der Waals surface area contributed by atoms with Gasteiger partial charge < -0.3 is 4.74 Å². The minimum absolute atomic E-state index is 0.676. The first-order valence-electron chi connectivity index (χ1n) is 9.43. The second kappa shape index (κ2) is 8.42. The van der Waals surface area contributed by atoms with Crippen LogP contribution in [0.2, 0.25) is 0 Å². The van der Waals surface area contributed by atoms with E-state index in [9.17, 15) is 0 Å². The molecule has 0 fully saturated rings. The summed E-state index contributed by atoms with van der Waals surface area (Å²) >= 11 is 0. The number of rotatable bonds is 5. The van der Waals surface area contributed by atoms with E-state index in [1.54, 1.807) is 7.11 Å². The van der Waals surface area contributed by atoms with Crippen LogP contribution in [0.5, 0.6) is 5.75 Å². The summed E-state index contributed by atoms with van der Waals surface area (Å²) in [6.45, 7) is 2.15. The van der Waals surface area contributed by atoms with E-state index in [0.29, 0.717) is 0 Å². The standard InChI is InChI=1S/C26H23OP/c1-20-12-11-18-24(27-2)26(20)23-17-9-10-19-25(23)28(21-13-5-3-6-14-21)22-15-7-4-8-16-22/h3-19H,1-2H3. The summed E-state index contributed by atoms with van der Waals surface area (Å²) in [4.78, 5) is 0. The Hall–Kier alpha value is -2.89. The Bertz CT molecular complexity index is 1020. The SMILES string of the molecule is COc1cccc(C)c1-c1ccccc1P(c1ccccc1)c1ccccc1. The molecule has 4 rings (SSSR count). The topological polar surface area (TPSA) is 9.23 Å². The van der Waals surface area contributed by atoms with Gasteiger partial charge in [-0.25, -0.2) is 0 Å². The average Bonchev–Trinajstić information content (AvgIpc) is 2.76. The lowest BCUT2D eigenvalue weighted by Crippen LogP contribution is -2.22. The third kappa shape index (κ3) is 3.59. The first-order valence-corrected chi connectivity index (χ1v) is 10.8. The van der Waals surface area contributed by atoms with Crippen LogP contribution in [0.25, 0.3) is 11.1 Å². The summed E-state index contributed by atoms with van der Waals surface area (Å²) in [7, 11) is 1.07. The maximum Gasteiger partial charge on any atom is 0.126 e. The van der Waals surface area contributed by atoms with Crippen LogP contribution in [0.15, 0.2) is 103 Å². The molecule has 0 aliphatic rings. The minimum Gasteiger partial charge on any atom is -0.496 e. The summed E-state index contributed by atoms with van der Waals surface area (Å²) in [5.74, 6) is 0.920. The first-order chi connectivity index (χ1) is 13.8. The van der Waals surface area contributed by atoms with Crippen molar-refractivity contribution in [2.45, 2.75) is 6.92 Å². The smallest absolute Gasteiger partial charge is 0.126 e. The molecule has 138 valence electrons. The van der Waals surface area contributed by atoms with Gasteiger partial charge in [0.05, 0.1) is 7.11 Å². The zero-order chi connectivity index (χ0) is 19.3. The summed E-state index contributed by atoms with van der Waals surface area (Å²) < 4.78 is 5.73. The van der Waals surface area contributed by atoms with Crippen LogP contribution < -0.4 is 20.7 Å². The Balaban J connectivity index is 1.98. The van der Waals surface area contributed by atoms with Crippen molar-refractivity contribution in [3.63, 3.8) is 0 Å². The molecule has 0 amide bonds.